The van der Waals surface area contributed by atoms with E-state index in [1.807, 2.05) is 44.3 Å². The van der Waals surface area contributed by atoms with Gasteiger partial charge in [-0.1, -0.05) is 29.8 Å². The van der Waals surface area contributed by atoms with E-state index in [4.69, 9.17) is 11.6 Å². The topological polar surface area (TPSA) is 17.8 Å². The van der Waals surface area contributed by atoms with Crippen LogP contribution in [0.15, 0.2) is 48.7 Å². The largest absolute Gasteiger partial charge is 0.417 e. The first-order valence-corrected chi connectivity index (χ1v) is 7.64. The molecule has 6 heteroatoms. The molecule has 0 aliphatic heterocycles. The van der Waals surface area contributed by atoms with Crippen LogP contribution in [0.25, 0.3) is 16.8 Å². The third kappa shape index (κ3) is 3.17. The first-order valence-electron chi connectivity index (χ1n) is 7.26. The number of halogens is 4. The second kappa shape index (κ2) is 5.98. The van der Waals surface area contributed by atoms with Gasteiger partial charge in [0.05, 0.1) is 22.0 Å². The minimum Gasteiger partial charge on any atom is -0.240 e. The quantitative estimate of drug-likeness (QED) is 0.568. The van der Waals surface area contributed by atoms with Crippen LogP contribution >= 0.6 is 11.6 Å². The standard InChI is InChI=1S/C18H14ClF3N2/c1-11-3-4-14(10-17(11)24-8-7-12(2)23-24)13-5-6-15(16(19)9-13)18(20,21)22/h3-10H,1-2H3. The lowest BCUT2D eigenvalue weighted by Crippen LogP contribution is -2.05. The second-order valence-electron chi connectivity index (χ2n) is 5.60. The van der Waals surface area contributed by atoms with Crippen molar-refractivity contribution in [3.8, 4) is 16.8 Å². The summed E-state index contributed by atoms with van der Waals surface area (Å²) < 4.78 is 40.2. The van der Waals surface area contributed by atoms with E-state index in [0.29, 0.717) is 5.56 Å². The molecular weight excluding hydrogens is 337 g/mol. The summed E-state index contributed by atoms with van der Waals surface area (Å²) in [5.74, 6) is 0. The highest BCUT2D eigenvalue weighted by atomic mass is 35.5. The van der Waals surface area contributed by atoms with Gasteiger partial charge in [-0.05, 0) is 54.8 Å². The van der Waals surface area contributed by atoms with Crippen molar-refractivity contribution in [1.82, 2.24) is 9.78 Å². The van der Waals surface area contributed by atoms with E-state index >= 15 is 0 Å². The van der Waals surface area contributed by atoms with Crippen molar-refractivity contribution in [1.29, 1.82) is 0 Å². The molecule has 0 radical (unpaired) electrons. The molecule has 3 rings (SSSR count). The van der Waals surface area contributed by atoms with Gasteiger partial charge in [0.2, 0.25) is 0 Å². The van der Waals surface area contributed by atoms with E-state index in [0.717, 1.165) is 28.6 Å². The molecule has 2 nitrogen and oxygen atoms in total. The number of hydrogen-bond donors (Lipinski definition) is 0. The lowest BCUT2D eigenvalue weighted by molar-refractivity contribution is -0.137. The van der Waals surface area contributed by atoms with Crippen molar-refractivity contribution in [3.63, 3.8) is 0 Å². The predicted octanol–water partition coefficient (Wildman–Crippen LogP) is 5.83. The number of alkyl halides is 3. The minimum absolute atomic E-state index is 0.308. The normalized spacial score (nSPS) is 11.8. The summed E-state index contributed by atoms with van der Waals surface area (Å²) in [5, 5.41) is 4.07. The third-order valence-corrected chi connectivity index (χ3v) is 4.10. The Hall–Kier alpha value is -2.27. The summed E-state index contributed by atoms with van der Waals surface area (Å²) >= 11 is 5.82. The monoisotopic (exact) mass is 350 g/mol. The summed E-state index contributed by atoms with van der Waals surface area (Å²) in [4.78, 5) is 0. The molecular formula is C18H14ClF3N2. The fraction of sp³-hybridized carbons (Fsp3) is 0.167. The SMILES string of the molecule is Cc1ccn(-c2cc(-c3ccc(C(F)(F)F)c(Cl)c3)ccc2C)n1. The molecule has 0 bridgehead atoms. The van der Waals surface area contributed by atoms with E-state index in [1.165, 1.54) is 12.1 Å². The highest BCUT2D eigenvalue weighted by Gasteiger charge is 2.33. The zero-order valence-corrected chi connectivity index (χ0v) is 13.8. The summed E-state index contributed by atoms with van der Waals surface area (Å²) in [5.41, 5.74) is 3.34. The maximum absolute atomic E-state index is 12.8. The number of aromatic nitrogens is 2. The lowest BCUT2D eigenvalue weighted by Gasteiger charge is -2.12. The van der Waals surface area contributed by atoms with Crippen molar-refractivity contribution in [3.05, 3.63) is 70.5 Å². The molecule has 3 aromatic rings. The Morgan fingerprint density at radius 3 is 2.21 bits per heavy atom. The molecule has 2 aromatic carbocycles. The van der Waals surface area contributed by atoms with Crippen LogP contribution in [0.3, 0.4) is 0 Å². The van der Waals surface area contributed by atoms with Gasteiger partial charge < -0.3 is 0 Å². The molecule has 0 saturated heterocycles. The Kier molecular flexibility index (Phi) is 4.13. The van der Waals surface area contributed by atoms with Crippen molar-refractivity contribution in [2.75, 3.05) is 0 Å². The third-order valence-electron chi connectivity index (χ3n) is 3.79. The van der Waals surface area contributed by atoms with Gasteiger partial charge in [-0.3, -0.25) is 0 Å². The van der Waals surface area contributed by atoms with Gasteiger partial charge >= 0.3 is 6.18 Å². The number of nitrogens with zero attached hydrogens (tertiary/aromatic N) is 2. The van der Waals surface area contributed by atoms with Crippen molar-refractivity contribution in [2.45, 2.75) is 20.0 Å². The number of aryl methyl sites for hydroxylation is 2. The Bertz CT molecular complexity index is 898. The maximum atomic E-state index is 12.8. The van der Waals surface area contributed by atoms with E-state index < -0.39 is 11.7 Å². The number of benzene rings is 2. The van der Waals surface area contributed by atoms with Crippen molar-refractivity contribution < 1.29 is 13.2 Å². The summed E-state index contributed by atoms with van der Waals surface area (Å²) in [7, 11) is 0. The maximum Gasteiger partial charge on any atom is 0.417 e. The van der Waals surface area contributed by atoms with Gasteiger partial charge in [-0.25, -0.2) is 4.68 Å². The van der Waals surface area contributed by atoms with Crippen molar-refractivity contribution >= 4 is 11.6 Å². The van der Waals surface area contributed by atoms with Crippen LogP contribution in [0.1, 0.15) is 16.8 Å². The van der Waals surface area contributed by atoms with E-state index in [9.17, 15) is 13.2 Å². The lowest BCUT2D eigenvalue weighted by atomic mass is 10.0. The Balaban J connectivity index is 2.06. The first kappa shape index (κ1) is 16.6. The van der Waals surface area contributed by atoms with Gasteiger partial charge in [0.25, 0.3) is 0 Å². The molecule has 0 amide bonds. The summed E-state index contributed by atoms with van der Waals surface area (Å²) in [6.45, 7) is 3.85. The molecule has 0 atom stereocenters. The molecule has 24 heavy (non-hydrogen) atoms. The van der Waals surface area contributed by atoms with Crippen LogP contribution in [-0.4, -0.2) is 9.78 Å². The van der Waals surface area contributed by atoms with E-state index in [1.54, 1.807) is 4.68 Å². The van der Waals surface area contributed by atoms with Gasteiger partial charge in [-0.15, -0.1) is 0 Å². The fourth-order valence-corrected chi connectivity index (χ4v) is 2.80. The Morgan fingerprint density at radius 2 is 1.62 bits per heavy atom. The van der Waals surface area contributed by atoms with Crippen LogP contribution in [0.4, 0.5) is 13.2 Å². The van der Waals surface area contributed by atoms with Crippen LogP contribution in [0, 0.1) is 13.8 Å². The van der Waals surface area contributed by atoms with Crippen LogP contribution in [-0.2, 0) is 6.18 Å². The fourth-order valence-electron chi connectivity index (χ4n) is 2.51. The molecule has 0 N–H and O–H groups in total. The minimum atomic E-state index is -4.46. The molecule has 1 aromatic heterocycles. The van der Waals surface area contributed by atoms with Crippen molar-refractivity contribution in [2.24, 2.45) is 0 Å². The van der Waals surface area contributed by atoms with E-state index in [2.05, 4.69) is 5.10 Å². The molecule has 1 heterocycles. The van der Waals surface area contributed by atoms with Gasteiger partial charge in [0, 0.05) is 6.20 Å². The second-order valence-corrected chi connectivity index (χ2v) is 6.00. The summed E-state index contributed by atoms with van der Waals surface area (Å²) in [6.07, 6.45) is -2.61. The number of hydrogen-bond acceptors (Lipinski definition) is 1. The Morgan fingerprint density at radius 1 is 0.958 bits per heavy atom. The van der Waals surface area contributed by atoms with Crippen LogP contribution in [0.5, 0.6) is 0 Å². The van der Waals surface area contributed by atoms with Gasteiger partial charge in [0.1, 0.15) is 0 Å². The molecule has 0 fully saturated rings. The van der Waals surface area contributed by atoms with Gasteiger partial charge in [-0.2, -0.15) is 18.3 Å². The molecule has 0 aliphatic rings. The van der Waals surface area contributed by atoms with Crippen LogP contribution < -0.4 is 0 Å². The molecule has 124 valence electrons. The molecule has 0 spiro atoms. The molecule has 0 saturated carbocycles. The van der Waals surface area contributed by atoms with E-state index in [-0.39, 0.29) is 5.02 Å². The molecule has 0 aliphatic carbocycles. The Labute approximate surface area is 142 Å². The zero-order chi connectivity index (χ0) is 17.5. The van der Waals surface area contributed by atoms with Gasteiger partial charge in [0.15, 0.2) is 0 Å². The average molecular weight is 351 g/mol. The predicted molar refractivity (Wildman–Crippen MR) is 88.5 cm³/mol. The zero-order valence-electron chi connectivity index (χ0n) is 13.0. The van der Waals surface area contributed by atoms with Crippen LogP contribution in [0.2, 0.25) is 5.02 Å². The number of rotatable bonds is 2. The molecule has 0 unspecified atom stereocenters. The first-order chi connectivity index (χ1) is 11.3. The average Bonchev–Trinajstić information content (AvgIpc) is 2.92. The smallest absolute Gasteiger partial charge is 0.240 e. The highest BCUT2D eigenvalue weighted by Crippen LogP contribution is 2.37. The highest BCUT2D eigenvalue weighted by molar-refractivity contribution is 6.31. The summed E-state index contributed by atoms with van der Waals surface area (Å²) in [6, 6.07) is 11.3.